The highest BCUT2D eigenvalue weighted by molar-refractivity contribution is 7.91. The first-order chi connectivity index (χ1) is 7.84. The van der Waals surface area contributed by atoms with Crippen LogP contribution in [0, 0.1) is 0 Å². The molecule has 0 spiro atoms. The van der Waals surface area contributed by atoms with Crippen molar-refractivity contribution in [2.24, 2.45) is 0 Å². The lowest BCUT2D eigenvalue weighted by Crippen LogP contribution is -2.24. The van der Waals surface area contributed by atoms with Crippen LogP contribution in [0.4, 0.5) is 5.69 Å². The van der Waals surface area contributed by atoms with Crippen LogP contribution in [-0.4, -0.2) is 44.1 Å². The van der Waals surface area contributed by atoms with Crippen LogP contribution < -0.4 is 5.73 Å². The molecule has 0 saturated heterocycles. The lowest BCUT2D eigenvalue weighted by atomic mass is 10.4. The molecule has 6 nitrogen and oxygen atoms in total. The number of pyridine rings is 1. The maximum Gasteiger partial charge on any atom is 0.223 e. The SMILES string of the molecule is CN(C)C(=O)CCS(=O)(=O)c1ccncc1N. The molecule has 1 rings (SSSR count). The molecule has 0 bridgehead atoms. The summed E-state index contributed by atoms with van der Waals surface area (Å²) in [5.41, 5.74) is 5.64. The van der Waals surface area contributed by atoms with E-state index in [0.29, 0.717) is 0 Å². The molecule has 1 amide bonds. The molecule has 0 aliphatic rings. The quantitative estimate of drug-likeness (QED) is 0.814. The number of nitrogens with zero attached hydrogens (tertiary/aromatic N) is 2. The summed E-state index contributed by atoms with van der Waals surface area (Å²) in [6.07, 6.45) is 2.58. The van der Waals surface area contributed by atoms with Gasteiger partial charge in [-0.1, -0.05) is 0 Å². The summed E-state index contributed by atoms with van der Waals surface area (Å²) < 4.78 is 23.8. The number of rotatable bonds is 4. The molecule has 0 fully saturated rings. The number of nitrogens with two attached hydrogens (primary N) is 1. The molecule has 0 aliphatic carbocycles. The Morgan fingerprint density at radius 2 is 2.12 bits per heavy atom. The number of carbonyl (C=O) groups is 1. The van der Waals surface area contributed by atoms with Gasteiger partial charge in [0.25, 0.3) is 0 Å². The Morgan fingerprint density at radius 3 is 2.65 bits per heavy atom. The van der Waals surface area contributed by atoms with Crippen LogP contribution in [0.25, 0.3) is 0 Å². The zero-order valence-corrected chi connectivity index (χ0v) is 10.6. The van der Waals surface area contributed by atoms with Gasteiger partial charge in [0.2, 0.25) is 5.91 Å². The van der Waals surface area contributed by atoms with E-state index in [1.807, 2.05) is 0 Å². The van der Waals surface area contributed by atoms with Crippen molar-refractivity contribution >= 4 is 21.4 Å². The number of aromatic nitrogens is 1. The van der Waals surface area contributed by atoms with Crippen LogP contribution in [0.5, 0.6) is 0 Å². The van der Waals surface area contributed by atoms with Crippen LogP contribution in [0.1, 0.15) is 6.42 Å². The summed E-state index contributed by atoms with van der Waals surface area (Å²) in [4.78, 5) is 16.4. The first kappa shape index (κ1) is 13.4. The number of amides is 1. The largest absolute Gasteiger partial charge is 0.396 e. The van der Waals surface area contributed by atoms with E-state index in [-0.39, 0.29) is 28.7 Å². The minimum Gasteiger partial charge on any atom is -0.396 e. The van der Waals surface area contributed by atoms with Crippen LogP contribution in [0.15, 0.2) is 23.4 Å². The summed E-state index contributed by atoms with van der Waals surface area (Å²) in [5.74, 6) is -0.487. The molecule has 0 aromatic carbocycles. The third-order valence-corrected chi connectivity index (χ3v) is 4.01. The molecule has 7 heteroatoms. The predicted octanol–water partition coefficient (Wildman–Crippen LogP) is -0.0842. The van der Waals surface area contributed by atoms with Crippen molar-refractivity contribution in [1.82, 2.24) is 9.88 Å². The lowest BCUT2D eigenvalue weighted by molar-refractivity contribution is -0.128. The third-order valence-electron chi connectivity index (χ3n) is 2.23. The highest BCUT2D eigenvalue weighted by Crippen LogP contribution is 2.18. The van der Waals surface area contributed by atoms with Gasteiger partial charge in [-0.3, -0.25) is 9.78 Å². The Kier molecular flexibility index (Phi) is 4.06. The zero-order chi connectivity index (χ0) is 13.1. The van der Waals surface area contributed by atoms with Gasteiger partial charge in [-0.2, -0.15) is 0 Å². The molecule has 2 N–H and O–H groups in total. The van der Waals surface area contributed by atoms with Crippen molar-refractivity contribution in [3.63, 3.8) is 0 Å². The fraction of sp³-hybridized carbons (Fsp3) is 0.400. The fourth-order valence-electron chi connectivity index (χ4n) is 1.23. The molecule has 0 saturated carbocycles. The number of sulfone groups is 1. The Bertz CT molecular complexity index is 511. The summed E-state index contributed by atoms with van der Waals surface area (Å²) in [6.45, 7) is 0. The van der Waals surface area contributed by atoms with Crippen LogP contribution in [0.2, 0.25) is 0 Å². The minimum absolute atomic E-state index is 0.0269. The normalized spacial score (nSPS) is 11.2. The Labute approximate surface area is 100 Å². The van der Waals surface area contributed by atoms with Crippen molar-refractivity contribution in [2.75, 3.05) is 25.6 Å². The molecule has 17 heavy (non-hydrogen) atoms. The van der Waals surface area contributed by atoms with Crippen molar-refractivity contribution in [3.8, 4) is 0 Å². The van der Waals surface area contributed by atoms with E-state index < -0.39 is 9.84 Å². The van der Waals surface area contributed by atoms with E-state index in [1.165, 1.54) is 23.4 Å². The smallest absolute Gasteiger partial charge is 0.223 e. The zero-order valence-electron chi connectivity index (χ0n) is 9.75. The van der Waals surface area contributed by atoms with Gasteiger partial charge >= 0.3 is 0 Å². The van der Waals surface area contributed by atoms with Gasteiger partial charge in [-0.25, -0.2) is 8.42 Å². The van der Waals surface area contributed by atoms with Crippen LogP contribution in [-0.2, 0) is 14.6 Å². The van der Waals surface area contributed by atoms with Crippen molar-refractivity contribution in [1.29, 1.82) is 0 Å². The second kappa shape index (κ2) is 5.13. The topological polar surface area (TPSA) is 93.4 Å². The molecular formula is C10H15N3O3S. The van der Waals surface area contributed by atoms with Gasteiger partial charge in [0.1, 0.15) is 0 Å². The van der Waals surface area contributed by atoms with Crippen molar-refractivity contribution < 1.29 is 13.2 Å². The van der Waals surface area contributed by atoms with Gasteiger partial charge in [0.05, 0.1) is 22.5 Å². The lowest BCUT2D eigenvalue weighted by Gasteiger charge is -2.10. The van der Waals surface area contributed by atoms with Gasteiger partial charge in [-0.15, -0.1) is 0 Å². The Morgan fingerprint density at radius 1 is 1.47 bits per heavy atom. The van der Waals surface area contributed by atoms with Crippen molar-refractivity contribution in [3.05, 3.63) is 18.5 Å². The fourth-order valence-corrected chi connectivity index (χ4v) is 2.58. The van der Waals surface area contributed by atoms with E-state index in [0.717, 1.165) is 0 Å². The van der Waals surface area contributed by atoms with Gasteiger partial charge in [-0.05, 0) is 6.07 Å². The standard InChI is InChI=1S/C10H15N3O3S/c1-13(2)10(14)4-6-17(15,16)9-3-5-12-7-8(9)11/h3,5,7H,4,6,11H2,1-2H3. The Hall–Kier alpha value is -1.63. The van der Waals surface area contributed by atoms with E-state index in [4.69, 9.17) is 5.73 Å². The second-order valence-electron chi connectivity index (χ2n) is 3.77. The van der Waals surface area contributed by atoms with E-state index in [2.05, 4.69) is 4.98 Å². The Balaban J connectivity index is 2.84. The number of hydrogen-bond donors (Lipinski definition) is 1. The first-order valence-corrected chi connectivity index (χ1v) is 6.62. The average Bonchev–Trinajstić information content (AvgIpc) is 2.26. The van der Waals surface area contributed by atoms with E-state index >= 15 is 0 Å². The molecule has 1 aromatic rings. The number of hydrogen-bond acceptors (Lipinski definition) is 5. The highest BCUT2D eigenvalue weighted by Gasteiger charge is 2.19. The third kappa shape index (κ3) is 3.42. The summed E-state index contributed by atoms with van der Waals surface area (Å²) >= 11 is 0. The van der Waals surface area contributed by atoms with Crippen LogP contribution >= 0.6 is 0 Å². The summed E-state index contributed by atoms with van der Waals surface area (Å²) in [5, 5.41) is 0. The first-order valence-electron chi connectivity index (χ1n) is 4.97. The molecule has 1 aromatic heterocycles. The van der Waals surface area contributed by atoms with Crippen LogP contribution in [0.3, 0.4) is 0 Å². The average molecular weight is 257 g/mol. The number of anilines is 1. The molecule has 0 aliphatic heterocycles. The molecule has 94 valence electrons. The van der Waals surface area contributed by atoms with Gasteiger partial charge in [0.15, 0.2) is 9.84 Å². The molecule has 0 atom stereocenters. The molecule has 0 radical (unpaired) electrons. The predicted molar refractivity (Wildman–Crippen MR) is 64.0 cm³/mol. The maximum atomic E-state index is 11.9. The summed E-state index contributed by atoms with van der Waals surface area (Å²) in [7, 11) is -0.374. The van der Waals surface area contributed by atoms with E-state index in [1.54, 1.807) is 14.1 Å². The molecule has 1 heterocycles. The van der Waals surface area contributed by atoms with Crippen molar-refractivity contribution in [2.45, 2.75) is 11.3 Å². The maximum absolute atomic E-state index is 11.9. The molecule has 0 unspecified atom stereocenters. The molecular weight excluding hydrogens is 242 g/mol. The monoisotopic (exact) mass is 257 g/mol. The van der Waals surface area contributed by atoms with Gasteiger partial charge in [0, 0.05) is 26.7 Å². The van der Waals surface area contributed by atoms with Gasteiger partial charge < -0.3 is 10.6 Å². The highest BCUT2D eigenvalue weighted by atomic mass is 32.2. The number of nitrogen functional groups attached to an aromatic ring is 1. The van der Waals surface area contributed by atoms with E-state index in [9.17, 15) is 13.2 Å². The second-order valence-corrected chi connectivity index (χ2v) is 5.85. The minimum atomic E-state index is -3.53. The number of carbonyl (C=O) groups excluding carboxylic acids is 1. The summed E-state index contributed by atoms with van der Waals surface area (Å²) in [6, 6.07) is 1.34.